The smallest absolute Gasteiger partial charge is 0.260 e. The normalized spacial score (nSPS) is 14.0. The maximum atomic E-state index is 12.4. The van der Waals surface area contributed by atoms with Gasteiger partial charge in [-0.2, -0.15) is 5.10 Å². The second-order valence-electron chi connectivity index (χ2n) is 6.50. The van der Waals surface area contributed by atoms with E-state index in [4.69, 9.17) is 9.47 Å². The average molecular weight is 371 g/mol. The molecular weight excluding hydrogens is 346 g/mol. The first kappa shape index (κ1) is 18.8. The fourth-order valence-electron chi connectivity index (χ4n) is 2.86. The highest BCUT2D eigenvalue weighted by Crippen LogP contribution is 2.20. The van der Waals surface area contributed by atoms with E-state index in [9.17, 15) is 4.79 Å². The second-order valence-corrected chi connectivity index (χ2v) is 6.50. The molecule has 144 valence electrons. The predicted octanol–water partition coefficient (Wildman–Crippen LogP) is 1.28. The third-order valence-electron chi connectivity index (χ3n) is 4.50. The number of nitrogens with zero attached hydrogens (tertiary/aromatic N) is 5. The molecule has 0 N–H and O–H groups in total. The van der Waals surface area contributed by atoms with Crippen LogP contribution in [-0.2, 0) is 4.79 Å². The van der Waals surface area contributed by atoms with Crippen LogP contribution in [0.15, 0.2) is 36.5 Å². The van der Waals surface area contributed by atoms with Crippen molar-refractivity contribution in [3.05, 3.63) is 36.5 Å². The van der Waals surface area contributed by atoms with E-state index in [-0.39, 0.29) is 12.5 Å². The standard InChI is InChI=1S/C19H25N5O3/c1-22(2)15-11-18(21-20-13-15)23-7-9-24(10-8-23)19(25)14-27-17-6-4-5-16(12-17)26-3/h4-6,11-13H,7-10,14H2,1-3H3. The zero-order chi connectivity index (χ0) is 19.2. The molecule has 3 rings (SSSR count). The number of anilines is 2. The van der Waals surface area contributed by atoms with Crippen LogP contribution in [0, 0.1) is 0 Å². The predicted molar refractivity (Wildman–Crippen MR) is 104 cm³/mol. The number of methoxy groups -OCH3 is 1. The number of carbonyl (C=O) groups is 1. The van der Waals surface area contributed by atoms with E-state index >= 15 is 0 Å². The first-order valence-electron chi connectivity index (χ1n) is 8.86. The van der Waals surface area contributed by atoms with Gasteiger partial charge in [-0.15, -0.1) is 5.10 Å². The van der Waals surface area contributed by atoms with Crippen LogP contribution in [0.4, 0.5) is 11.5 Å². The van der Waals surface area contributed by atoms with Crippen molar-refractivity contribution in [3.8, 4) is 11.5 Å². The number of aromatic nitrogens is 2. The molecule has 1 aromatic carbocycles. The number of benzene rings is 1. The maximum Gasteiger partial charge on any atom is 0.260 e. The fraction of sp³-hybridized carbons (Fsp3) is 0.421. The quantitative estimate of drug-likeness (QED) is 0.757. The van der Waals surface area contributed by atoms with Crippen LogP contribution in [0.25, 0.3) is 0 Å². The molecule has 2 heterocycles. The van der Waals surface area contributed by atoms with Crippen LogP contribution in [0.1, 0.15) is 0 Å². The highest BCUT2D eigenvalue weighted by atomic mass is 16.5. The number of rotatable bonds is 6. The zero-order valence-electron chi connectivity index (χ0n) is 16.0. The number of carbonyl (C=O) groups excluding carboxylic acids is 1. The molecule has 0 unspecified atom stereocenters. The van der Waals surface area contributed by atoms with E-state index in [1.54, 1.807) is 19.4 Å². The van der Waals surface area contributed by atoms with Gasteiger partial charge in [-0.1, -0.05) is 6.07 Å². The number of piperazine rings is 1. The third kappa shape index (κ3) is 4.78. The summed E-state index contributed by atoms with van der Waals surface area (Å²) in [5.41, 5.74) is 1.00. The van der Waals surface area contributed by atoms with Crippen LogP contribution >= 0.6 is 0 Å². The lowest BCUT2D eigenvalue weighted by atomic mass is 10.3. The molecule has 1 aliphatic rings. The Bertz CT molecular complexity index is 775. The van der Waals surface area contributed by atoms with Gasteiger partial charge in [-0.05, 0) is 12.1 Å². The van der Waals surface area contributed by atoms with Gasteiger partial charge in [0.2, 0.25) is 0 Å². The Morgan fingerprint density at radius 2 is 1.89 bits per heavy atom. The lowest BCUT2D eigenvalue weighted by Crippen LogP contribution is -2.50. The van der Waals surface area contributed by atoms with E-state index in [0.29, 0.717) is 24.6 Å². The van der Waals surface area contributed by atoms with Gasteiger partial charge in [-0.25, -0.2) is 0 Å². The van der Waals surface area contributed by atoms with Crippen molar-refractivity contribution in [2.45, 2.75) is 0 Å². The highest BCUT2D eigenvalue weighted by molar-refractivity contribution is 5.78. The Labute approximate surface area is 159 Å². The lowest BCUT2D eigenvalue weighted by molar-refractivity contribution is -0.133. The van der Waals surface area contributed by atoms with E-state index in [1.165, 1.54) is 0 Å². The van der Waals surface area contributed by atoms with Crippen LogP contribution in [0.5, 0.6) is 11.5 Å². The molecule has 8 heteroatoms. The van der Waals surface area contributed by atoms with Crippen molar-refractivity contribution in [3.63, 3.8) is 0 Å². The molecule has 0 bridgehead atoms. The maximum absolute atomic E-state index is 12.4. The van der Waals surface area contributed by atoms with E-state index in [1.807, 2.05) is 48.2 Å². The van der Waals surface area contributed by atoms with Gasteiger partial charge in [0.25, 0.3) is 5.91 Å². The number of amides is 1. The van der Waals surface area contributed by atoms with Crippen molar-refractivity contribution in [2.24, 2.45) is 0 Å². The molecule has 0 saturated carbocycles. The first-order valence-corrected chi connectivity index (χ1v) is 8.86. The van der Waals surface area contributed by atoms with E-state index in [2.05, 4.69) is 15.1 Å². The van der Waals surface area contributed by atoms with Crippen molar-refractivity contribution >= 4 is 17.4 Å². The van der Waals surface area contributed by atoms with Gasteiger partial charge in [0.1, 0.15) is 11.5 Å². The van der Waals surface area contributed by atoms with Gasteiger partial charge in [0.05, 0.1) is 19.0 Å². The van der Waals surface area contributed by atoms with Crippen LogP contribution in [-0.4, -0.2) is 75.0 Å². The summed E-state index contributed by atoms with van der Waals surface area (Å²) in [7, 11) is 5.54. The lowest BCUT2D eigenvalue weighted by Gasteiger charge is -2.35. The van der Waals surface area contributed by atoms with Crippen LogP contribution in [0.2, 0.25) is 0 Å². The number of hydrogen-bond donors (Lipinski definition) is 0. The minimum atomic E-state index is -0.0226. The Kier molecular flexibility index (Phi) is 5.95. The molecule has 27 heavy (non-hydrogen) atoms. The summed E-state index contributed by atoms with van der Waals surface area (Å²) in [6.07, 6.45) is 1.74. The molecule has 0 aliphatic carbocycles. The molecular formula is C19H25N5O3. The summed E-state index contributed by atoms with van der Waals surface area (Å²) in [6.45, 7) is 2.72. The SMILES string of the molecule is COc1cccc(OCC(=O)N2CCN(c3cc(N(C)C)cnn3)CC2)c1. The minimum Gasteiger partial charge on any atom is -0.497 e. The molecule has 0 spiro atoms. The molecule has 1 aromatic heterocycles. The monoisotopic (exact) mass is 371 g/mol. The summed E-state index contributed by atoms with van der Waals surface area (Å²) in [4.78, 5) is 18.4. The summed E-state index contributed by atoms with van der Waals surface area (Å²) < 4.78 is 10.8. The van der Waals surface area contributed by atoms with Crippen molar-refractivity contribution in [2.75, 3.05) is 63.8 Å². The number of hydrogen-bond acceptors (Lipinski definition) is 7. The van der Waals surface area contributed by atoms with Crippen molar-refractivity contribution in [1.29, 1.82) is 0 Å². The second kappa shape index (κ2) is 8.57. The molecule has 1 fully saturated rings. The van der Waals surface area contributed by atoms with Crippen molar-refractivity contribution < 1.29 is 14.3 Å². The molecule has 0 atom stereocenters. The van der Waals surface area contributed by atoms with E-state index in [0.717, 1.165) is 24.6 Å². The first-order chi connectivity index (χ1) is 13.1. The van der Waals surface area contributed by atoms with Crippen molar-refractivity contribution in [1.82, 2.24) is 15.1 Å². The van der Waals surface area contributed by atoms with Gasteiger partial charge >= 0.3 is 0 Å². The van der Waals surface area contributed by atoms with Gasteiger partial charge < -0.3 is 24.2 Å². The summed E-state index contributed by atoms with van der Waals surface area (Å²) in [5, 5.41) is 8.29. The number of ether oxygens (including phenoxy) is 2. The summed E-state index contributed by atoms with van der Waals surface area (Å²) in [6, 6.07) is 9.25. The Morgan fingerprint density at radius 1 is 1.15 bits per heavy atom. The molecule has 0 radical (unpaired) electrons. The molecule has 1 amide bonds. The Balaban J connectivity index is 1.51. The van der Waals surface area contributed by atoms with E-state index < -0.39 is 0 Å². The molecule has 1 aliphatic heterocycles. The average Bonchev–Trinajstić information content (AvgIpc) is 2.72. The van der Waals surface area contributed by atoms with Crippen LogP contribution in [0.3, 0.4) is 0 Å². The van der Waals surface area contributed by atoms with Crippen LogP contribution < -0.4 is 19.3 Å². The van der Waals surface area contributed by atoms with Gasteiger partial charge in [0, 0.05) is 52.4 Å². The molecule has 2 aromatic rings. The summed E-state index contributed by atoms with van der Waals surface area (Å²) >= 11 is 0. The Morgan fingerprint density at radius 3 is 2.59 bits per heavy atom. The summed E-state index contributed by atoms with van der Waals surface area (Å²) in [5.74, 6) is 2.14. The topological polar surface area (TPSA) is 71.0 Å². The molecule has 8 nitrogen and oxygen atoms in total. The minimum absolute atomic E-state index is 0.0170. The van der Waals surface area contributed by atoms with Gasteiger partial charge in [-0.3, -0.25) is 4.79 Å². The zero-order valence-corrected chi connectivity index (χ0v) is 16.0. The third-order valence-corrected chi connectivity index (χ3v) is 4.50. The van der Waals surface area contributed by atoms with Gasteiger partial charge in [0.15, 0.2) is 12.4 Å². The fourth-order valence-corrected chi connectivity index (χ4v) is 2.86. The highest BCUT2D eigenvalue weighted by Gasteiger charge is 2.22. The molecule has 1 saturated heterocycles. The Hall–Kier alpha value is -3.03. The largest absolute Gasteiger partial charge is 0.497 e.